The molecule has 1 rings (SSSR count). The number of allylic oxidation sites excluding steroid dienone is 1. The van der Waals surface area contributed by atoms with Crippen molar-refractivity contribution in [3.05, 3.63) is 48.0 Å². The van der Waals surface area contributed by atoms with E-state index in [0.717, 1.165) is 6.42 Å². The average molecular weight is 163 g/mol. The van der Waals surface area contributed by atoms with Crippen molar-refractivity contribution in [3.8, 4) is 0 Å². The van der Waals surface area contributed by atoms with Crippen LogP contribution in [0.5, 0.6) is 0 Å². The highest BCUT2D eigenvalue weighted by atomic mass is 16.6. The van der Waals surface area contributed by atoms with Gasteiger partial charge in [0.1, 0.15) is 0 Å². The van der Waals surface area contributed by atoms with Crippen LogP contribution in [0.15, 0.2) is 42.5 Å². The standard InChI is InChI=1S/C10H13NO/c11-12-9-5-4-8-10-6-2-1-3-7-10/h1-7H,8-9,11H2. The van der Waals surface area contributed by atoms with Crippen LogP contribution in [-0.2, 0) is 11.3 Å². The summed E-state index contributed by atoms with van der Waals surface area (Å²) in [7, 11) is 0. The number of rotatable bonds is 4. The van der Waals surface area contributed by atoms with Gasteiger partial charge in [-0.3, -0.25) is 0 Å². The number of hydrogen-bond acceptors (Lipinski definition) is 2. The molecule has 2 N–H and O–H groups in total. The van der Waals surface area contributed by atoms with E-state index in [2.05, 4.69) is 17.0 Å². The molecule has 12 heavy (non-hydrogen) atoms. The molecule has 0 saturated heterocycles. The second-order valence-electron chi connectivity index (χ2n) is 2.49. The molecule has 1 aromatic carbocycles. The monoisotopic (exact) mass is 163 g/mol. The van der Waals surface area contributed by atoms with Gasteiger partial charge in [-0.05, 0) is 12.0 Å². The van der Waals surface area contributed by atoms with Crippen LogP contribution in [0.4, 0.5) is 0 Å². The molecule has 0 aromatic heterocycles. The molecule has 0 unspecified atom stereocenters. The highest BCUT2D eigenvalue weighted by Gasteiger charge is 1.84. The summed E-state index contributed by atoms with van der Waals surface area (Å²) < 4.78 is 0. The smallest absolute Gasteiger partial charge is 0.0860 e. The summed E-state index contributed by atoms with van der Waals surface area (Å²) in [5.74, 6) is 4.86. The summed E-state index contributed by atoms with van der Waals surface area (Å²) >= 11 is 0. The van der Waals surface area contributed by atoms with Crippen LogP contribution in [0.2, 0.25) is 0 Å². The van der Waals surface area contributed by atoms with Crippen molar-refractivity contribution in [2.45, 2.75) is 6.42 Å². The minimum Gasteiger partial charge on any atom is -0.300 e. The van der Waals surface area contributed by atoms with E-state index >= 15 is 0 Å². The molecular formula is C10H13NO. The molecule has 2 heteroatoms. The van der Waals surface area contributed by atoms with Gasteiger partial charge in [0.05, 0.1) is 6.61 Å². The SMILES string of the molecule is NOCC=CCc1ccccc1. The van der Waals surface area contributed by atoms with Gasteiger partial charge in [0.2, 0.25) is 0 Å². The molecule has 0 aliphatic heterocycles. The normalized spacial score (nSPS) is 10.8. The second-order valence-corrected chi connectivity index (χ2v) is 2.49. The van der Waals surface area contributed by atoms with Crippen molar-refractivity contribution in [1.82, 2.24) is 0 Å². The lowest BCUT2D eigenvalue weighted by Crippen LogP contribution is -1.97. The molecule has 2 nitrogen and oxygen atoms in total. The van der Waals surface area contributed by atoms with Crippen LogP contribution < -0.4 is 5.90 Å². The quantitative estimate of drug-likeness (QED) is 0.541. The third-order valence-corrected chi connectivity index (χ3v) is 1.56. The Bertz CT molecular complexity index is 231. The van der Waals surface area contributed by atoms with Crippen molar-refractivity contribution < 1.29 is 4.84 Å². The summed E-state index contributed by atoms with van der Waals surface area (Å²) in [6.45, 7) is 0.479. The third kappa shape index (κ3) is 3.32. The number of benzene rings is 1. The molecule has 0 heterocycles. The molecule has 0 fully saturated rings. The molecule has 64 valence electrons. The predicted octanol–water partition coefficient (Wildman–Crippen LogP) is 1.68. The fraction of sp³-hybridized carbons (Fsp3) is 0.200. The van der Waals surface area contributed by atoms with Crippen LogP contribution in [0.25, 0.3) is 0 Å². The lowest BCUT2D eigenvalue weighted by Gasteiger charge is -1.93. The Morgan fingerprint density at radius 1 is 1.17 bits per heavy atom. The first kappa shape index (κ1) is 8.97. The van der Waals surface area contributed by atoms with Gasteiger partial charge in [0.25, 0.3) is 0 Å². The van der Waals surface area contributed by atoms with Gasteiger partial charge < -0.3 is 4.84 Å². The van der Waals surface area contributed by atoms with E-state index in [1.54, 1.807) is 0 Å². The van der Waals surface area contributed by atoms with Gasteiger partial charge in [0, 0.05) is 0 Å². The van der Waals surface area contributed by atoms with Gasteiger partial charge in [-0.15, -0.1) is 0 Å². The maximum absolute atomic E-state index is 4.86. The van der Waals surface area contributed by atoms with E-state index in [-0.39, 0.29) is 0 Å². The topological polar surface area (TPSA) is 35.2 Å². The fourth-order valence-electron chi connectivity index (χ4n) is 0.957. The zero-order chi connectivity index (χ0) is 8.65. The molecule has 0 amide bonds. The van der Waals surface area contributed by atoms with E-state index in [1.165, 1.54) is 5.56 Å². The van der Waals surface area contributed by atoms with Crippen LogP contribution in [0.3, 0.4) is 0 Å². The van der Waals surface area contributed by atoms with Crippen molar-refractivity contribution in [2.75, 3.05) is 6.61 Å². The summed E-state index contributed by atoms with van der Waals surface area (Å²) in [5.41, 5.74) is 1.30. The van der Waals surface area contributed by atoms with Gasteiger partial charge in [-0.2, -0.15) is 0 Å². The summed E-state index contributed by atoms with van der Waals surface area (Å²) in [6, 6.07) is 10.3. The lowest BCUT2D eigenvalue weighted by molar-refractivity contribution is 0.168. The van der Waals surface area contributed by atoms with Crippen molar-refractivity contribution in [3.63, 3.8) is 0 Å². The number of hydrogen-bond donors (Lipinski definition) is 1. The Hall–Kier alpha value is -1.12. The van der Waals surface area contributed by atoms with Gasteiger partial charge in [-0.1, -0.05) is 42.5 Å². The van der Waals surface area contributed by atoms with Crippen LogP contribution in [0, 0.1) is 0 Å². The second kappa shape index (κ2) is 5.52. The van der Waals surface area contributed by atoms with Gasteiger partial charge in [0.15, 0.2) is 0 Å². The fourth-order valence-corrected chi connectivity index (χ4v) is 0.957. The minimum absolute atomic E-state index is 0.479. The molecular weight excluding hydrogens is 150 g/mol. The predicted molar refractivity (Wildman–Crippen MR) is 49.4 cm³/mol. The van der Waals surface area contributed by atoms with E-state index in [9.17, 15) is 0 Å². The number of nitrogens with two attached hydrogens (primary N) is 1. The first-order chi connectivity index (χ1) is 5.93. The molecule has 0 atom stereocenters. The summed E-state index contributed by atoms with van der Waals surface area (Å²) in [6.07, 6.45) is 4.89. The molecule has 1 aromatic rings. The Morgan fingerprint density at radius 2 is 1.92 bits per heavy atom. The van der Waals surface area contributed by atoms with Crippen LogP contribution >= 0.6 is 0 Å². The zero-order valence-corrected chi connectivity index (χ0v) is 6.94. The molecule has 0 aliphatic carbocycles. The molecule has 0 aliphatic rings. The highest BCUT2D eigenvalue weighted by molar-refractivity contribution is 5.17. The van der Waals surface area contributed by atoms with E-state index < -0.39 is 0 Å². The van der Waals surface area contributed by atoms with Crippen LogP contribution in [-0.4, -0.2) is 6.61 Å². The van der Waals surface area contributed by atoms with Crippen molar-refractivity contribution in [2.24, 2.45) is 5.90 Å². The first-order valence-corrected chi connectivity index (χ1v) is 3.94. The van der Waals surface area contributed by atoms with E-state index in [4.69, 9.17) is 5.90 Å². The summed E-state index contributed by atoms with van der Waals surface area (Å²) in [4.78, 5) is 4.39. The molecule has 0 radical (unpaired) electrons. The highest BCUT2D eigenvalue weighted by Crippen LogP contribution is 1.99. The molecule has 0 bridgehead atoms. The lowest BCUT2D eigenvalue weighted by atomic mass is 10.1. The Balaban J connectivity index is 2.33. The van der Waals surface area contributed by atoms with E-state index in [1.807, 2.05) is 30.4 Å². The minimum atomic E-state index is 0.479. The maximum atomic E-state index is 4.86. The first-order valence-electron chi connectivity index (χ1n) is 3.94. The van der Waals surface area contributed by atoms with Gasteiger partial charge in [-0.25, -0.2) is 5.90 Å². The Kier molecular flexibility index (Phi) is 4.13. The van der Waals surface area contributed by atoms with E-state index in [0.29, 0.717) is 6.61 Å². The van der Waals surface area contributed by atoms with Crippen LogP contribution in [0.1, 0.15) is 5.56 Å². The zero-order valence-electron chi connectivity index (χ0n) is 6.94. The summed E-state index contributed by atoms with van der Waals surface area (Å²) in [5, 5.41) is 0. The third-order valence-electron chi connectivity index (χ3n) is 1.56. The average Bonchev–Trinajstić information content (AvgIpc) is 2.14. The van der Waals surface area contributed by atoms with Crippen molar-refractivity contribution >= 4 is 0 Å². The van der Waals surface area contributed by atoms with Gasteiger partial charge >= 0.3 is 0 Å². The largest absolute Gasteiger partial charge is 0.300 e. The van der Waals surface area contributed by atoms with Crippen molar-refractivity contribution in [1.29, 1.82) is 0 Å². The molecule has 0 spiro atoms. The maximum Gasteiger partial charge on any atom is 0.0860 e. The Morgan fingerprint density at radius 3 is 2.58 bits per heavy atom. The molecule has 0 saturated carbocycles. The Labute approximate surface area is 72.6 Å².